The highest BCUT2D eigenvalue weighted by Crippen LogP contribution is 2.30. The fourth-order valence-corrected chi connectivity index (χ4v) is 1.11. The van der Waals surface area contributed by atoms with Crippen molar-refractivity contribution in [1.82, 2.24) is 9.97 Å². The highest BCUT2D eigenvalue weighted by atomic mass is 16.3. The molecule has 0 aliphatic heterocycles. The molecule has 1 heterocycles. The van der Waals surface area contributed by atoms with Gasteiger partial charge in [0.1, 0.15) is 0 Å². The third kappa shape index (κ3) is 2.52. The number of nitrogens with zero attached hydrogens (tertiary/aromatic N) is 3. The maximum absolute atomic E-state index is 10.6. The van der Waals surface area contributed by atoms with Gasteiger partial charge in [0.25, 0.3) is 0 Å². The summed E-state index contributed by atoms with van der Waals surface area (Å²) in [6.45, 7) is 3.85. The molecule has 0 aromatic carbocycles. The van der Waals surface area contributed by atoms with Gasteiger partial charge in [-0.1, -0.05) is 0 Å². The molecule has 0 bridgehead atoms. The minimum absolute atomic E-state index is 0.0925. The minimum Gasteiger partial charge on any atom is -0.371 e. The third-order valence-electron chi connectivity index (χ3n) is 1.65. The lowest BCUT2D eigenvalue weighted by Gasteiger charge is -2.12. The van der Waals surface area contributed by atoms with E-state index in [-0.39, 0.29) is 17.7 Å². The standard InChI is InChI=1S/C8H14N6O/c1-4(2)11-7-5(14-15)6(10-3)12-8(9)13-7/h4H,1-3H3,(H4,9,10,11,12,13). The molecule has 0 saturated carbocycles. The van der Waals surface area contributed by atoms with E-state index in [2.05, 4.69) is 25.8 Å². The molecule has 0 fully saturated rings. The molecule has 0 saturated heterocycles. The monoisotopic (exact) mass is 210 g/mol. The van der Waals surface area contributed by atoms with Crippen LogP contribution in [0.15, 0.2) is 5.18 Å². The SMILES string of the molecule is CNc1nc(N)nc(NC(C)C)c1N=O. The highest BCUT2D eigenvalue weighted by molar-refractivity contribution is 5.75. The molecule has 82 valence electrons. The Morgan fingerprint density at radius 1 is 1.33 bits per heavy atom. The Labute approximate surface area is 87.5 Å². The van der Waals surface area contributed by atoms with Crippen molar-refractivity contribution in [1.29, 1.82) is 0 Å². The molecule has 4 N–H and O–H groups in total. The fraction of sp³-hybridized carbons (Fsp3) is 0.500. The van der Waals surface area contributed by atoms with Gasteiger partial charge in [0.05, 0.1) is 0 Å². The van der Waals surface area contributed by atoms with Crippen molar-refractivity contribution in [3.8, 4) is 0 Å². The van der Waals surface area contributed by atoms with Crippen molar-refractivity contribution in [3.63, 3.8) is 0 Å². The predicted octanol–water partition coefficient (Wildman–Crippen LogP) is 1.32. The molecule has 7 nitrogen and oxygen atoms in total. The zero-order valence-electron chi connectivity index (χ0n) is 8.90. The number of nitrogens with one attached hydrogen (secondary N) is 2. The molecule has 1 aromatic rings. The number of rotatable bonds is 4. The summed E-state index contributed by atoms with van der Waals surface area (Å²) in [5.41, 5.74) is 5.63. The molecular weight excluding hydrogens is 196 g/mol. The zero-order chi connectivity index (χ0) is 11.4. The smallest absolute Gasteiger partial charge is 0.224 e. The van der Waals surface area contributed by atoms with Gasteiger partial charge in [0.15, 0.2) is 17.3 Å². The van der Waals surface area contributed by atoms with Gasteiger partial charge in [0.2, 0.25) is 5.95 Å². The molecule has 0 aliphatic rings. The quantitative estimate of drug-likeness (QED) is 0.647. The molecule has 0 radical (unpaired) electrons. The van der Waals surface area contributed by atoms with E-state index in [4.69, 9.17) is 5.73 Å². The Balaban J connectivity index is 3.22. The molecule has 0 amide bonds. The molecule has 0 atom stereocenters. The molecule has 1 aromatic heterocycles. The van der Waals surface area contributed by atoms with E-state index in [1.165, 1.54) is 0 Å². The van der Waals surface area contributed by atoms with Crippen LogP contribution >= 0.6 is 0 Å². The Morgan fingerprint density at radius 3 is 2.40 bits per heavy atom. The van der Waals surface area contributed by atoms with E-state index in [1.54, 1.807) is 7.05 Å². The molecule has 0 unspecified atom stereocenters. The third-order valence-corrected chi connectivity index (χ3v) is 1.65. The summed E-state index contributed by atoms with van der Waals surface area (Å²) in [4.78, 5) is 18.4. The number of aromatic nitrogens is 2. The van der Waals surface area contributed by atoms with Crippen molar-refractivity contribution in [2.24, 2.45) is 5.18 Å². The summed E-state index contributed by atoms with van der Waals surface area (Å²) in [6, 6.07) is 0.129. The molecule has 0 aliphatic carbocycles. The van der Waals surface area contributed by atoms with Crippen LogP contribution in [-0.4, -0.2) is 23.1 Å². The van der Waals surface area contributed by atoms with Crippen LogP contribution in [0.5, 0.6) is 0 Å². The summed E-state index contributed by atoms with van der Waals surface area (Å²) in [5, 5.41) is 8.59. The van der Waals surface area contributed by atoms with Crippen LogP contribution in [0.1, 0.15) is 13.8 Å². The number of hydrogen-bond donors (Lipinski definition) is 3. The maximum atomic E-state index is 10.6. The van der Waals surface area contributed by atoms with Crippen LogP contribution in [0.25, 0.3) is 0 Å². The van der Waals surface area contributed by atoms with E-state index in [0.717, 1.165) is 0 Å². The number of nitroso groups, excluding NO2 is 1. The predicted molar refractivity (Wildman–Crippen MR) is 60.2 cm³/mol. The number of nitrogen functional groups attached to an aromatic ring is 1. The van der Waals surface area contributed by atoms with E-state index in [0.29, 0.717) is 11.6 Å². The van der Waals surface area contributed by atoms with Crippen LogP contribution < -0.4 is 16.4 Å². The van der Waals surface area contributed by atoms with E-state index >= 15 is 0 Å². The van der Waals surface area contributed by atoms with Crippen LogP contribution in [0.4, 0.5) is 23.3 Å². The zero-order valence-corrected chi connectivity index (χ0v) is 8.90. The first-order valence-electron chi connectivity index (χ1n) is 4.53. The van der Waals surface area contributed by atoms with Gasteiger partial charge in [-0.25, -0.2) is 0 Å². The Hall–Kier alpha value is -1.92. The normalized spacial score (nSPS) is 10.1. The van der Waals surface area contributed by atoms with Crippen LogP contribution in [-0.2, 0) is 0 Å². The van der Waals surface area contributed by atoms with Gasteiger partial charge >= 0.3 is 0 Å². The summed E-state index contributed by atoms with van der Waals surface area (Å²) in [7, 11) is 1.63. The fourth-order valence-electron chi connectivity index (χ4n) is 1.11. The largest absolute Gasteiger partial charge is 0.371 e. The van der Waals surface area contributed by atoms with Gasteiger partial charge in [-0.05, 0) is 19.0 Å². The van der Waals surface area contributed by atoms with E-state index in [9.17, 15) is 4.91 Å². The van der Waals surface area contributed by atoms with Crippen molar-refractivity contribution in [2.75, 3.05) is 23.4 Å². The molecule has 7 heteroatoms. The van der Waals surface area contributed by atoms with Gasteiger partial charge in [-0.2, -0.15) is 9.97 Å². The van der Waals surface area contributed by atoms with Crippen LogP contribution in [0, 0.1) is 4.91 Å². The first-order chi connectivity index (χ1) is 7.08. The summed E-state index contributed by atoms with van der Waals surface area (Å²) in [5.74, 6) is 0.757. The first kappa shape index (κ1) is 11.2. The average molecular weight is 210 g/mol. The Bertz CT molecular complexity index is 364. The number of anilines is 3. The van der Waals surface area contributed by atoms with Gasteiger partial charge < -0.3 is 16.4 Å². The maximum Gasteiger partial charge on any atom is 0.224 e. The summed E-state index contributed by atoms with van der Waals surface area (Å²) >= 11 is 0. The average Bonchev–Trinajstić information content (AvgIpc) is 2.15. The van der Waals surface area contributed by atoms with Crippen LogP contribution in [0.2, 0.25) is 0 Å². The van der Waals surface area contributed by atoms with Gasteiger partial charge in [0, 0.05) is 13.1 Å². The molecular formula is C8H14N6O. The number of nitrogens with two attached hydrogens (primary N) is 1. The first-order valence-corrected chi connectivity index (χ1v) is 4.53. The lowest BCUT2D eigenvalue weighted by molar-refractivity contribution is 0.887. The Kier molecular flexibility index (Phi) is 3.37. The van der Waals surface area contributed by atoms with Crippen molar-refractivity contribution >= 4 is 23.3 Å². The van der Waals surface area contributed by atoms with Crippen molar-refractivity contribution < 1.29 is 0 Å². The van der Waals surface area contributed by atoms with Gasteiger partial charge in [-0.15, -0.1) is 4.91 Å². The molecule has 15 heavy (non-hydrogen) atoms. The molecule has 0 spiro atoms. The van der Waals surface area contributed by atoms with E-state index in [1.807, 2.05) is 13.8 Å². The minimum atomic E-state index is 0.0925. The topological polar surface area (TPSA) is 105 Å². The summed E-state index contributed by atoms with van der Waals surface area (Å²) in [6.07, 6.45) is 0. The molecule has 1 rings (SSSR count). The van der Waals surface area contributed by atoms with E-state index < -0.39 is 0 Å². The lowest BCUT2D eigenvalue weighted by Crippen LogP contribution is -2.13. The van der Waals surface area contributed by atoms with Crippen LogP contribution in [0.3, 0.4) is 0 Å². The number of hydrogen-bond acceptors (Lipinski definition) is 7. The Morgan fingerprint density at radius 2 is 1.93 bits per heavy atom. The summed E-state index contributed by atoms with van der Waals surface area (Å²) < 4.78 is 0. The second-order valence-corrected chi connectivity index (χ2v) is 3.27. The van der Waals surface area contributed by atoms with Gasteiger partial charge in [-0.3, -0.25) is 0 Å². The lowest BCUT2D eigenvalue weighted by atomic mass is 10.3. The van der Waals surface area contributed by atoms with Crippen molar-refractivity contribution in [2.45, 2.75) is 19.9 Å². The second-order valence-electron chi connectivity index (χ2n) is 3.27. The highest BCUT2D eigenvalue weighted by Gasteiger charge is 2.13. The second kappa shape index (κ2) is 4.54. The van der Waals surface area contributed by atoms with Crippen molar-refractivity contribution in [3.05, 3.63) is 4.91 Å².